The van der Waals surface area contributed by atoms with Gasteiger partial charge in [-0.05, 0) is 26.0 Å². The van der Waals surface area contributed by atoms with Crippen molar-refractivity contribution in [2.24, 2.45) is 5.10 Å². The standard InChI is InChI=1S/C12H18N2O3S/c1-4-12(17-5-2)13-14-18(15,16)11-8-6-10(3)7-9-11/h6-9,14H,4-5H2,1-3H3/b13-12-. The predicted molar refractivity (Wildman–Crippen MR) is 70.9 cm³/mol. The van der Waals surface area contributed by atoms with Crippen LogP contribution in [0.1, 0.15) is 25.8 Å². The zero-order chi connectivity index (χ0) is 13.6. The summed E-state index contributed by atoms with van der Waals surface area (Å²) in [5, 5.41) is 3.76. The lowest BCUT2D eigenvalue weighted by Gasteiger charge is -2.07. The molecule has 0 heterocycles. The third-order valence-electron chi connectivity index (χ3n) is 2.24. The van der Waals surface area contributed by atoms with E-state index < -0.39 is 10.0 Å². The Morgan fingerprint density at radius 2 is 1.89 bits per heavy atom. The summed E-state index contributed by atoms with van der Waals surface area (Å²) >= 11 is 0. The molecule has 1 N–H and O–H groups in total. The van der Waals surface area contributed by atoms with Gasteiger partial charge >= 0.3 is 0 Å². The second-order valence-electron chi connectivity index (χ2n) is 3.70. The van der Waals surface area contributed by atoms with Crippen LogP contribution in [-0.4, -0.2) is 20.9 Å². The molecule has 100 valence electrons. The highest BCUT2D eigenvalue weighted by atomic mass is 32.2. The van der Waals surface area contributed by atoms with Gasteiger partial charge in [-0.2, -0.15) is 13.2 Å². The molecule has 0 atom stereocenters. The van der Waals surface area contributed by atoms with Gasteiger partial charge in [0, 0.05) is 6.42 Å². The third kappa shape index (κ3) is 4.03. The number of sulfonamides is 1. The molecule has 6 heteroatoms. The first-order chi connectivity index (χ1) is 8.49. The second kappa shape index (κ2) is 6.39. The summed E-state index contributed by atoms with van der Waals surface area (Å²) in [6, 6.07) is 6.56. The predicted octanol–water partition coefficient (Wildman–Crippen LogP) is 2.03. The van der Waals surface area contributed by atoms with E-state index in [1.54, 1.807) is 24.3 Å². The maximum absolute atomic E-state index is 11.9. The van der Waals surface area contributed by atoms with Crippen LogP contribution in [0.2, 0.25) is 0 Å². The van der Waals surface area contributed by atoms with Gasteiger partial charge in [-0.3, -0.25) is 0 Å². The van der Waals surface area contributed by atoms with Crippen molar-refractivity contribution in [1.82, 2.24) is 4.83 Å². The Kier molecular flexibility index (Phi) is 5.15. The van der Waals surface area contributed by atoms with E-state index in [-0.39, 0.29) is 4.90 Å². The first-order valence-corrected chi connectivity index (χ1v) is 7.25. The van der Waals surface area contributed by atoms with Crippen LogP contribution in [0.15, 0.2) is 34.3 Å². The number of nitrogens with zero attached hydrogens (tertiary/aromatic N) is 1. The molecule has 0 saturated heterocycles. The normalized spacial score (nSPS) is 12.3. The number of nitrogens with one attached hydrogen (secondary N) is 1. The van der Waals surface area contributed by atoms with E-state index in [0.717, 1.165) is 5.56 Å². The summed E-state index contributed by atoms with van der Waals surface area (Å²) in [6.07, 6.45) is 0.532. The molecule has 0 aromatic heterocycles. The van der Waals surface area contributed by atoms with E-state index in [1.807, 2.05) is 20.8 Å². The zero-order valence-electron chi connectivity index (χ0n) is 10.8. The van der Waals surface area contributed by atoms with Crippen molar-refractivity contribution < 1.29 is 13.2 Å². The van der Waals surface area contributed by atoms with E-state index in [4.69, 9.17) is 4.74 Å². The minimum Gasteiger partial charge on any atom is -0.480 e. The molecule has 0 saturated carbocycles. The maximum Gasteiger partial charge on any atom is 0.276 e. The molecule has 0 fully saturated rings. The Hall–Kier alpha value is -1.56. The highest BCUT2D eigenvalue weighted by Gasteiger charge is 2.12. The Morgan fingerprint density at radius 3 is 2.39 bits per heavy atom. The van der Waals surface area contributed by atoms with Crippen LogP contribution in [0.4, 0.5) is 0 Å². The first kappa shape index (κ1) is 14.5. The topological polar surface area (TPSA) is 67.8 Å². The molecule has 0 bridgehead atoms. The molecule has 18 heavy (non-hydrogen) atoms. The Labute approximate surface area is 108 Å². The molecule has 0 unspecified atom stereocenters. The Morgan fingerprint density at radius 1 is 1.28 bits per heavy atom. The zero-order valence-corrected chi connectivity index (χ0v) is 11.6. The lowest BCUT2D eigenvalue weighted by molar-refractivity contribution is 0.316. The fraction of sp³-hybridized carbons (Fsp3) is 0.417. The molecule has 5 nitrogen and oxygen atoms in total. The van der Waals surface area contributed by atoms with Crippen molar-refractivity contribution in [3.8, 4) is 0 Å². The van der Waals surface area contributed by atoms with Crippen molar-refractivity contribution in [3.05, 3.63) is 29.8 Å². The molecular weight excluding hydrogens is 252 g/mol. The average Bonchev–Trinajstić information content (AvgIpc) is 2.35. The van der Waals surface area contributed by atoms with E-state index in [2.05, 4.69) is 9.93 Å². The summed E-state index contributed by atoms with van der Waals surface area (Å²) in [5.41, 5.74) is 1.00. The Balaban J connectivity index is 2.85. The highest BCUT2D eigenvalue weighted by Crippen LogP contribution is 2.09. The average molecular weight is 270 g/mol. The molecule has 0 aliphatic heterocycles. The van der Waals surface area contributed by atoms with Crippen LogP contribution < -0.4 is 4.83 Å². The molecule has 1 aromatic rings. The first-order valence-electron chi connectivity index (χ1n) is 5.77. The highest BCUT2D eigenvalue weighted by molar-refractivity contribution is 7.89. The monoisotopic (exact) mass is 270 g/mol. The van der Waals surface area contributed by atoms with Crippen molar-refractivity contribution in [2.75, 3.05) is 6.61 Å². The third-order valence-corrected chi connectivity index (χ3v) is 3.46. The largest absolute Gasteiger partial charge is 0.480 e. The van der Waals surface area contributed by atoms with E-state index in [1.165, 1.54) is 0 Å². The van der Waals surface area contributed by atoms with Crippen LogP contribution >= 0.6 is 0 Å². The number of hydrazone groups is 1. The van der Waals surface area contributed by atoms with Crippen molar-refractivity contribution >= 4 is 15.9 Å². The van der Waals surface area contributed by atoms with Gasteiger partial charge in [-0.25, -0.2) is 0 Å². The number of hydrogen-bond acceptors (Lipinski definition) is 4. The quantitative estimate of drug-likeness (QED) is 0.506. The summed E-state index contributed by atoms with van der Waals surface area (Å²) in [7, 11) is -3.62. The number of hydrogen-bond donors (Lipinski definition) is 1. The number of ether oxygens (including phenoxy) is 1. The SMILES string of the molecule is CCO/C(CC)=N\NS(=O)(=O)c1ccc(C)cc1. The smallest absolute Gasteiger partial charge is 0.276 e. The molecular formula is C12H18N2O3S. The van der Waals surface area contributed by atoms with Crippen LogP contribution in [0, 0.1) is 6.92 Å². The summed E-state index contributed by atoms with van der Waals surface area (Å²) < 4.78 is 29.0. The molecule has 0 radical (unpaired) electrons. The number of benzene rings is 1. The summed E-state index contributed by atoms with van der Waals surface area (Å²) in [5.74, 6) is 0.369. The molecule has 0 amide bonds. The maximum atomic E-state index is 11.9. The van der Waals surface area contributed by atoms with Gasteiger partial charge < -0.3 is 4.74 Å². The molecule has 1 rings (SSSR count). The van der Waals surface area contributed by atoms with Gasteiger partial charge in [0.2, 0.25) is 5.90 Å². The number of aryl methyl sites for hydroxylation is 1. The van der Waals surface area contributed by atoms with Gasteiger partial charge in [0.25, 0.3) is 10.0 Å². The second-order valence-corrected chi connectivity index (χ2v) is 5.36. The lowest BCUT2D eigenvalue weighted by atomic mass is 10.2. The van der Waals surface area contributed by atoms with Crippen LogP contribution in [-0.2, 0) is 14.8 Å². The number of rotatable bonds is 5. The lowest BCUT2D eigenvalue weighted by Crippen LogP contribution is -2.21. The molecule has 1 aromatic carbocycles. The van der Waals surface area contributed by atoms with Crippen molar-refractivity contribution in [2.45, 2.75) is 32.1 Å². The summed E-state index contributed by atoms with van der Waals surface area (Å²) in [4.78, 5) is 2.35. The van der Waals surface area contributed by atoms with E-state index in [9.17, 15) is 8.42 Å². The van der Waals surface area contributed by atoms with Crippen LogP contribution in [0.25, 0.3) is 0 Å². The van der Waals surface area contributed by atoms with Gasteiger partial charge in [0.05, 0.1) is 11.5 Å². The van der Waals surface area contributed by atoms with Gasteiger partial charge in [-0.15, -0.1) is 5.10 Å². The van der Waals surface area contributed by atoms with E-state index in [0.29, 0.717) is 18.9 Å². The molecule has 0 spiro atoms. The summed E-state index contributed by atoms with van der Waals surface area (Å²) in [6.45, 7) is 6.01. The molecule has 0 aliphatic carbocycles. The van der Waals surface area contributed by atoms with Crippen molar-refractivity contribution in [1.29, 1.82) is 0 Å². The Bertz CT molecular complexity index is 507. The minimum atomic E-state index is -3.62. The van der Waals surface area contributed by atoms with Gasteiger partial charge in [0.1, 0.15) is 0 Å². The van der Waals surface area contributed by atoms with Gasteiger partial charge in [0.15, 0.2) is 0 Å². The fourth-order valence-corrected chi connectivity index (χ4v) is 2.08. The minimum absolute atomic E-state index is 0.184. The van der Waals surface area contributed by atoms with Crippen molar-refractivity contribution in [3.63, 3.8) is 0 Å². The fourth-order valence-electron chi connectivity index (χ4n) is 1.26. The van der Waals surface area contributed by atoms with Crippen LogP contribution in [0.3, 0.4) is 0 Å². The molecule has 0 aliphatic rings. The van der Waals surface area contributed by atoms with Gasteiger partial charge in [-0.1, -0.05) is 24.6 Å². The van der Waals surface area contributed by atoms with Crippen LogP contribution in [0.5, 0.6) is 0 Å². The van der Waals surface area contributed by atoms with E-state index >= 15 is 0 Å².